The molecule has 0 amide bonds. The third-order valence-corrected chi connectivity index (χ3v) is 3.04. The van der Waals surface area contributed by atoms with Crippen molar-refractivity contribution in [3.05, 3.63) is 23.8 Å². The number of nitrogen functional groups attached to an aromatic ring is 1. The summed E-state index contributed by atoms with van der Waals surface area (Å²) in [5.74, 6) is 0.181. The fourth-order valence-corrected chi connectivity index (χ4v) is 2.09. The zero-order chi connectivity index (χ0) is 10.7. The largest absolute Gasteiger partial charge is 0.506 e. The van der Waals surface area contributed by atoms with Crippen LogP contribution in [-0.4, -0.2) is 11.1 Å². The predicted octanol–water partition coefficient (Wildman–Crippen LogP) is 2.01. The van der Waals surface area contributed by atoms with Gasteiger partial charge in [0.1, 0.15) is 5.75 Å². The maximum absolute atomic E-state index is 9.44. The molecule has 1 aromatic rings. The van der Waals surface area contributed by atoms with Crippen LogP contribution in [0.15, 0.2) is 18.2 Å². The van der Waals surface area contributed by atoms with E-state index in [0.29, 0.717) is 11.7 Å². The molecule has 1 aliphatic rings. The quantitative estimate of drug-likeness (QED) is 0.523. The number of anilines is 1. The number of hydrogen-bond donors (Lipinski definition) is 3. The molecular formula is C12H18N2O. The second kappa shape index (κ2) is 4.53. The standard InChI is InChI=1S/C12H18N2O/c13-11-6-5-9(7-12(11)15)8-14-10-3-1-2-4-10/h5-7,10,14-15H,1-4,8,13H2. The van der Waals surface area contributed by atoms with E-state index in [0.717, 1.165) is 12.1 Å². The summed E-state index contributed by atoms with van der Waals surface area (Å²) < 4.78 is 0. The summed E-state index contributed by atoms with van der Waals surface area (Å²) >= 11 is 0. The average molecular weight is 206 g/mol. The molecule has 15 heavy (non-hydrogen) atoms. The Kier molecular flexibility index (Phi) is 3.11. The molecule has 1 aromatic carbocycles. The number of hydrogen-bond acceptors (Lipinski definition) is 3. The highest BCUT2D eigenvalue weighted by molar-refractivity contribution is 5.52. The summed E-state index contributed by atoms with van der Waals surface area (Å²) in [4.78, 5) is 0. The Hall–Kier alpha value is -1.22. The monoisotopic (exact) mass is 206 g/mol. The van der Waals surface area contributed by atoms with Gasteiger partial charge in [-0.25, -0.2) is 0 Å². The fraction of sp³-hybridized carbons (Fsp3) is 0.500. The van der Waals surface area contributed by atoms with E-state index in [1.165, 1.54) is 25.7 Å². The van der Waals surface area contributed by atoms with Gasteiger partial charge >= 0.3 is 0 Å². The average Bonchev–Trinajstić information content (AvgIpc) is 2.73. The third-order valence-electron chi connectivity index (χ3n) is 3.04. The molecule has 3 nitrogen and oxygen atoms in total. The van der Waals surface area contributed by atoms with Crippen LogP contribution in [-0.2, 0) is 6.54 Å². The lowest BCUT2D eigenvalue weighted by atomic mass is 10.1. The molecule has 0 radical (unpaired) electrons. The SMILES string of the molecule is Nc1ccc(CNC2CCCC2)cc1O. The molecule has 82 valence electrons. The molecule has 0 aliphatic heterocycles. The molecule has 3 heteroatoms. The van der Waals surface area contributed by atoms with Gasteiger partial charge in [0.05, 0.1) is 5.69 Å². The second-order valence-electron chi connectivity index (χ2n) is 4.26. The van der Waals surface area contributed by atoms with Gasteiger partial charge in [0.15, 0.2) is 0 Å². The molecule has 0 unspecified atom stereocenters. The molecule has 0 bridgehead atoms. The summed E-state index contributed by atoms with van der Waals surface area (Å²) in [6.07, 6.45) is 5.23. The minimum Gasteiger partial charge on any atom is -0.506 e. The molecule has 0 saturated heterocycles. The van der Waals surface area contributed by atoms with E-state index in [4.69, 9.17) is 5.73 Å². The van der Waals surface area contributed by atoms with E-state index in [9.17, 15) is 5.11 Å². The van der Waals surface area contributed by atoms with Crippen molar-refractivity contribution in [2.24, 2.45) is 0 Å². The Labute approximate surface area is 90.3 Å². The van der Waals surface area contributed by atoms with Crippen LogP contribution in [0.2, 0.25) is 0 Å². The van der Waals surface area contributed by atoms with Crippen molar-refractivity contribution >= 4 is 5.69 Å². The molecule has 2 rings (SSSR count). The van der Waals surface area contributed by atoms with Gasteiger partial charge in [0, 0.05) is 12.6 Å². The predicted molar refractivity (Wildman–Crippen MR) is 61.6 cm³/mol. The summed E-state index contributed by atoms with van der Waals surface area (Å²) in [5, 5.41) is 12.9. The van der Waals surface area contributed by atoms with Gasteiger partial charge in [0.25, 0.3) is 0 Å². The Morgan fingerprint density at radius 3 is 2.73 bits per heavy atom. The Morgan fingerprint density at radius 1 is 1.33 bits per heavy atom. The van der Waals surface area contributed by atoms with Crippen molar-refractivity contribution in [2.45, 2.75) is 38.3 Å². The molecular weight excluding hydrogens is 188 g/mol. The Bertz CT molecular complexity index is 332. The van der Waals surface area contributed by atoms with Crippen LogP contribution in [0.4, 0.5) is 5.69 Å². The van der Waals surface area contributed by atoms with Crippen LogP contribution in [0, 0.1) is 0 Å². The van der Waals surface area contributed by atoms with E-state index < -0.39 is 0 Å². The maximum Gasteiger partial charge on any atom is 0.138 e. The third kappa shape index (κ3) is 2.63. The highest BCUT2D eigenvalue weighted by atomic mass is 16.3. The van der Waals surface area contributed by atoms with E-state index in [2.05, 4.69) is 5.32 Å². The summed E-state index contributed by atoms with van der Waals surface area (Å²) in [6.45, 7) is 0.818. The Balaban J connectivity index is 1.90. The minimum atomic E-state index is 0.181. The second-order valence-corrected chi connectivity index (χ2v) is 4.26. The van der Waals surface area contributed by atoms with Crippen LogP contribution >= 0.6 is 0 Å². The fourth-order valence-electron chi connectivity index (χ4n) is 2.09. The van der Waals surface area contributed by atoms with Crippen molar-refractivity contribution in [3.8, 4) is 5.75 Å². The van der Waals surface area contributed by atoms with Gasteiger partial charge in [-0.05, 0) is 30.5 Å². The molecule has 0 atom stereocenters. The lowest BCUT2D eigenvalue weighted by molar-refractivity contribution is 0.475. The van der Waals surface area contributed by atoms with E-state index in [1.54, 1.807) is 12.1 Å². The molecule has 0 aromatic heterocycles. The number of phenols is 1. The number of nitrogens with two attached hydrogens (primary N) is 1. The van der Waals surface area contributed by atoms with E-state index in [-0.39, 0.29) is 5.75 Å². The van der Waals surface area contributed by atoms with E-state index in [1.807, 2.05) is 6.07 Å². The smallest absolute Gasteiger partial charge is 0.138 e. The van der Waals surface area contributed by atoms with Gasteiger partial charge in [-0.2, -0.15) is 0 Å². The van der Waals surface area contributed by atoms with Crippen molar-refractivity contribution in [2.75, 3.05) is 5.73 Å². The molecule has 1 fully saturated rings. The first-order valence-corrected chi connectivity index (χ1v) is 5.56. The minimum absolute atomic E-state index is 0.181. The first-order chi connectivity index (χ1) is 7.25. The first-order valence-electron chi connectivity index (χ1n) is 5.56. The maximum atomic E-state index is 9.44. The summed E-state index contributed by atoms with van der Waals surface area (Å²) in [6, 6.07) is 6.10. The number of phenolic OH excluding ortho intramolecular Hbond substituents is 1. The number of nitrogens with one attached hydrogen (secondary N) is 1. The van der Waals surface area contributed by atoms with Gasteiger partial charge in [0.2, 0.25) is 0 Å². The highest BCUT2D eigenvalue weighted by Gasteiger charge is 2.13. The summed E-state index contributed by atoms with van der Waals surface area (Å²) in [7, 11) is 0. The van der Waals surface area contributed by atoms with Crippen LogP contribution in [0.25, 0.3) is 0 Å². The number of rotatable bonds is 3. The highest BCUT2D eigenvalue weighted by Crippen LogP contribution is 2.22. The van der Waals surface area contributed by atoms with Gasteiger partial charge in [-0.3, -0.25) is 0 Å². The zero-order valence-electron chi connectivity index (χ0n) is 8.87. The Morgan fingerprint density at radius 2 is 2.07 bits per heavy atom. The molecule has 4 N–H and O–H groups in total. The first kappa shape index (κ1) is 10.3. The van der Waals surface area contributed by atoms with E-state index >= 15 is 0 Å². The van der Waals surface area contributed by atoms with Crippen LogP contribution in [0.5, 0.6) is 5.75 Å². The van der Waals surface area contributed by atoms with Crippen molar-refractivity contribution in [1.29, 1.82) is 0 Å². The number of aromatic hydroxyl groups is 1. The zero-order valence-corrected chi connectivity index (χ0v) is 8.87. The molecule has 0 spiro atoms. The molecule has 1 saturated carbocycles. The van der Waals surface area contributed by atoms with Gasteiger partial charge in [-0.15, -0.1) is 0 Å². The van der Waals surface area contributed by atoms with Crippen molar-refractivity contribution in [1.82, 2.24) is 5.32 Å². The van der Waals surface area contributed by atoms with Gasteiger partial charge < -0.3 is 16.2 Å². The summed E-state index contributed by atoms with van der Waals surface area (Å²) in [5.41, 5.74) is 7.07. The molecule has 0 heterocycles. The van der Waals surface area contributed by atoms with Crippen LogP contribution < -0.4 is 11.1 Å². The van der Waals surface area contributed by atoms with Crippen LogP contribution in [0.3, 0.4) is 0 Å². The normalized spacial score (nSPS) is 17.1. The topological polar surface area (TPSA) is 58.3 Å². The van der Waals surface area contributed by atoms with Gasteiger partial charge in [-0.1, -0.05) is 18.9 Å². The van der Waals surface area contributed by atoms with Crippen molar-refractivity contribution < 1.29 is 5.11 Å². The lowest BCUT2D eigenvalue weighted by Gasteiger charge is -2.12. The molecule has 1 aliphatic carbocycles. The van der Waals surface area contributed by atoms with Crippen molar-refractivity contribution in [3.63, 3.8) is 0 Å². The van der Waals surface area contributed by atoms with Crippen LogP contribution in [0.1, 0.15) is 31.2 Å². The number of benzene rings is 1. The lowest BCUT2D eigenvalue weighted by Crippen LogP contribution is -2.25.